The lowest BCUT2D eigenvalue weighted by molar-refractivity contribution is -0.160. The Labute approximate surface area is 189 Å². The summed E-state index contributed by atoms with van der Waals surface area (Å²) >= 11 is 0. The zero-order valence-electron chi connectivity index (χ0n) is 18.8. The Kier molecular flexibility index (Phi) is 8.81. The molecule has 7 nitrogen and oxygen atoms in total. The highest BCUT2D eigenvalue weighted by Gasteiger charge is 2.30. The lowest BCUT2D eigenvalue weighted by atomic mass is 9.93. The number of likely N-dealkylation sites (N-methyl/N-ethyl adjacent to an activating group) is 1. The van der Waals surface area contributed by atoms with Gasteiger partial charge in [-0.1, -0.05) is 54.6 Å². The summed E-state index contributed by atoms with van der Waals surface area (Å²) in [5, 5.41) is 9.20. The van der Waals surface area contributed by atoms with Crippen molar-refractivity contribution in [2.45, 2.75) is 38.1 Å². The first kappa shape index (κ1) is 23.9. The molecule has 2 atom stereocenters. The summed E-state index contributed by atoms with van der Waals surface area (Å²) in [6.07, 6.45) is 1.36. The SMILES string of the molecule is COC(CN(C)C(=O)C1=C[C@@H](c2ccccc2)C[C@@H](OCc2ccc(CO)cc2)O1)OC. The molecule has 0 bridgehead atoms. The summed E-state index contributed by atoms with van der Waals surface area (Å²) in [7, 11) is 4.75. The Balaban J connectivity index is 1.73. The maximum Gasteiger partial charge on any atom is 0.288 e. The van der Waals surface area contributed by atoms with Crippen LogP contribution >= 0.6 is 0 Å². The van der Waals surface area contributed by atoms with Gasteiger partial charge >= 0.3 is 0 Å². The Morgan fingerprint density at radius 2 is 1.75 bits per heavy atom. The second-order valence-corrected chi connectivity index (χ2v) is 7.70. The predicted octanol–water partition coefficient (Wildman–Crippen LogP) is 3.19. The van der Waals surface area contributed by atoms with Gasteiger partial charge in [0, 0.05) is 33.6 Å². The number of hydrogen-bond donors (Lipinski definition) is 1. The van der Waals surface area contributed by atoms with E-state index in [1.807, 2.05) is 60.7 Å². The van der Waals surface area contributed by atoms with E-state index in [9.17, 15) is 9.90 Å². The zero-order chi connectivity index (χ0) is 22.9. The molecule has 0 fully saturated rings. The van der Waals surface area contributed by atoms with Crippen LogP contribution in [0.5, 0.6) is 0 Å². The van der Waals surface area contributed by atoms with Crippen molar-refractivity contribution in [3.63, 3.8) is 0 Å². The maximum atomic E-state index is 13.1. The number of nitrogens with zero attached hydrogens (tertiary/aromatic N) is 1. The van der Waals surface area contributed by atoms with Crippen LogP contribution in [0.3, 0.4) is 0 Å². The molecule has 172 valence electrons. The fourth-order valence-electron chi connectivity index (χ4n) is 3.51. The van der Waals surface area contributed by atoms with Crippen LogP contribution in [0.1, 0.15) is 29.0 Å². The van der Waals surface area contributed by atoms with Gasteiger partial charge in [-0.25, -0.2) is 0 Å². The van der Waals surface area contributed by atoms with Gasteiger partial charge in [0.2, 0.25) is 6.29 Å². The Morgan fingerprint density at radius 3 is 2.38 bits per heavy atom. The number of carbonyl (C=O) groups excluding carboxylic acids is 1. The number of carbonyl (C=O) groups is 1. The normalized spacial score (nSPS) is 18.2. The highest BCUT2D eigenvalue weighted by molar-refractivity contribution is 5.91. The second kappa shape index (κ2) is 11.8. The van der Waals surface area contributed by atoms with E-state index < -0.39 is 12.6 Å². The Hall–Kier alpha value is -2.71. The molecular weight excluding hydrogens is 410 g/mol. The molecule has 7 heteroatoms. The molecule has 0 aliphatic carbocycles. The van der Waals surface area contributed by atoms with Gasteiger partial charge in [-0.2, -0.15) is 0 Å². The van der Waals surface area contributed by atoms with Crippen molar-refractivity contribution in [1.29, 1.82) is 0 Å². The first-order chi connectivity index (χ1) is 15.5. The molecule has 0 unspecified atom stereocenters. The van der Waals surface area contributed by atoms with Crippen molar-refractivity contribution >= 4 is 5.91 Å². The van der Waals surface area contributed by atoms with Gasteiger partial charge in [-0.3, -0.25) is 4.79 Å². The average molecular weight is 442 g/mol. The van der Waals surface area contributed by atoms with E-state index in [0.29, 0.717) is 13.0 Å². The molecule has 0 radical (unpaired) electrons. The van der Waals surface area contributed by atoms with E-state index in [-0.39, 0.29) is 30.7 Å². The quantitative estimate of drug-likeness (QED) is 0.571. The van der Waals surface area contributed by atoms with Gasteiger partial charge in [0.15, 0.2) is 12.0 Å². The van der Waals surface area contributed by atoms with E-state index in [0.717, 1.165) is 16.7 Å². The monoisotopic (exact) mass is 441 g/mol. The van der Waals surface area contributed by atoms with Crippen molar-refractivity contribution in [3.8, 4) is 0 Å². The van der Waals surface area contributed by atoms with E-state index in [2.05, 4.69) is 0 Å². The first-order valence-corrected chi connectivity index (χ1v) is 10.6. The molecule has 32 heavy (non-hydrogen) atoms. The van der Waals surface area contributed by atoms with Crippen molar-refractivity contribution in [3.05, 3.63) is 83.1 Å². The molecule has 2 aromatic rings. The maximum absolute atomic E-state index is 13.1. The van der Waals surface area contributed by atoms with Gasteiger partial charge in [0.05, 0.1) is 19.8 Å². The number of rotatable bonds is 10. The molecule has 3 rings (SSSR count). The van der Waals surface area contributed by atoms with Crippen molar-refractivity contribution < 1.29 is 28.8 Å². The molecule has 1 N–H and O–H groups in total. The van der Waals surface area contributed by atoms with Crippen LogP contribution in [0.15, 0.2) is 66.4 Å². The lowest BCUT2D eigenvalue weighted by Crippen LogP contribution is -2.39. The highest BCUT2D eigenvalue weighted by atomic mass is 16.7. The Morgan fingerprint density at radius 1 is 1.09 bits per heavy atom. The fourth-order valence-corrected chi connectivity index (χ4v) is 3.51. The van der Waals surface area contributed by atoms with Gasteiger partial charge < -0.3 is 29.0 Å². The van der Waals surface area contributed by atoms with Gasteiger partial charge in [0.1, 0.15) is 0 Å². The minimum absolute atomic E-state index is 0.00239. The zero-order valence-corrected chi connectivity index (χ0v) is 18.8. The molecule has 1 aliphatic rings. The van der Waals surface area contributed by atoms with Crippen molar-refractivity contribution in [1.82, 2.24) is 4.90 Å². The summed E-state index contributed by atoms with van der Waals surface area (Å²) in [6.45, 7) is 0.609. The topological polar surface area (TPSA) is 77.5 Å². The van der Waals surface area contributed by atoms with Crippen LogP contribution in [0.2, 0.25) is 0 Å². The third kappa shape index (κ3) is 6.40. The summed E-state index contributed by atoms with van der Waals surface area (Å²) in [5.41, 5.74) is 2.90. The minimum Gasteiger partial charge on any atom is -0.459 e. The van der Waals surface area contributed by atoms with Crippen LogP contribution in [0.4, 0.5) is 0 Å². The van der Waals surface area contributed by atoms with Crippen LogP contribution in [-0.4, -0.2) is 56.3 Å². The number of methoxy groups -OCH3 is 2. The first-order valence-electron chi connectivity index (χ1n) is 10.6. The number of hydrogen-bond acceptors (Lipinski definition) is 6. The molecule has 2 aromatic carbocycles. The van der Waals surface area contributed by atoms with Crippen LogP contribution in [0, 0.1) is 0 Å². The van der Waals surface area contributed by atoms with Crippen molar-refractivity contribution in [2.24, 2.45) is 0 Å². The molecule has 0 aromatic heterocycles. The van der Waals surface area contributed by atoms with E-state index >= 15 is 0 Å². The summed E-state index contributed by atoms with van der Waals surface area (Å²) in [6, 6.07) is 17.5. The molecular formula is C25H31NO6. The highest BCUT2D eigenvalue weighted by Crippen LogP contribution is 2.32. The van der Waals surface area contributed by atoms with Gasteiger partial charge in [0.25, 0.3) is 5.91 Å². The van der Waals surface area contributed by atoms with Gasteiger partial charge in [-0.15, -0.1) is 0 Å². The Bertz CT molecular complexity index is 879. The second-order valence-electron chi connectivity index (χ2n) is 7.70. The smallest absolute Gasteiger partial charge is 0.288 e. The van der Waals surface area contributed by atoms with E-state index in [4.69, 9.17) is 18.9 Å². The van der Waals surface area contributed by atoms with Crippen molar-refractivity contribution in [2.75, 3.05) is 27.8 Å². The van der Waals surface area contributed by atoms with Crippen LogP contribution in [-0.2, 0) is 37.0 Å². The van der Waals surface area contributed by atoms with Crippen LogP contribution < -0.4 is 0 Å². The molecule has 0 spiro atoms. The third-order valence-corrected chi connectivity index (χ3v) is 5.43. The average Bonchev–Trinajstić information content (AvgIpc) is 2.86. The summed E-state index contributed by atoms with van der Waals surface area (Å²) in [5.74, 6) is -0.0236. The van der Waals surface area contributed by atoms with E-state index in [1.165, 1.54) is 19.1 Å². The number of ether oxygens (including phenoxy) is 4. The number of allylic oxidation sites excluding steroid dienone is 1. The number of amides is 1. The van der Waals surface area contributed by atoms with E-state index in [1.54, 1.807) is 7.05 Å². The number of benzene rings is 2. The largest absolute Gasteiger partial charge is 0.459 e. The molecule has 0 saturated carbocycles. The number of aliphatic hydroxyl groups excluding tert-OH is 1. The van der Waals surface area contributed by atoms with Crippen LogP contribution in [0.25, 0.3) is 0 Å². The third-order valence-electron chi connectivity index (χ3n) is 5.43. The molecule has 1 amide bonds. The van der Waals surface area contributed by atoms with Gasteiger partial charge in [-0.05, 0) is 22.8 Å². The molecule has 0 saturated heterocycles. The summed E-state index contributed by atoms with van der Waals surface area (Å²) in [4.78, 5) is 14.6. The standard InChI is InChI=1S/C25H31NO6/c1-26(15-24(29-2)30-3)25(28)22-13-21(20-7-5-4-6-8-20)14-23(32-22)31-17-19-11-9-18(16-27)10-12-19/h4-13,21,23-24,27H,14-17H2,1-3H3/t21-,23+/m1/s1. The lowest BCUT2D eigenvalue weighted by Gasteiger charge is -2.31. The minimum atomic E-state index is -0.573. The fraction of sp³-hybridized carbons (Fsp3) is 0.400. The summed E-state index contributed by atoms with van der Waals surface area (Å²) < 4.78 is 22.4. The number of aliphatic hydroxyl groups is 1. The molecule has 1 aliphatic heterocycles. The molecule has 1 heterocycles. The predicted molar refractivity (Wildman–Crippen MR) is 119 cm³/mol.